The third-order valence-corrected chi connectivity index (χ3v) is 5.47. The standard InChI is InChI=1S/C25H24F3N5O3/c1-3-22(34)30-17-6-4-5-16(13-17)23-19(25(26,27)28)15-29-24(32-23)31-18-7-8-21(35-2)20(14-18)33-9-11-36-12-10-33/h3-8,13-15H,1,9-12H2,2H3,(H,30,34)(H,29,31,32). The summed E-state index contributed by atoms with van der Waals surface area (Å²) in [4.78, 5) is 21.8. The summed E-state index contributed by atoms with van der Waals surface area (Å²) < 4.78 is 52.3. The number of benzene rings is 2. The summed E-state index contributed by atoms with van der Waals surface area (Å²) in [7, 11) is 1.57. The van der Waals surface area contributed by atoms with Gasteiger partial charge in [0.1, 0.15) is 11.3 Å². The minimum absolute atomic E-state index is 0.0170. The number of nitrogens with zero attached hydrogens (tertiary/aromatic N) is 3. The van der Waals surface area contributed by atoms with Crippen LogP contribution in [0, 0.1) is 0 Å². The third-order valence-electron chi connectivity index (χ3n) is 5.47. The number of amides is 1. The van der Waals surface area contributed by atoms with E-state index in [0.717, 1.165) is 18.0 Å². The van der Waals surface area contributed by atoms with Gasteiger partial charge in [-0.1, -0.05) is 18.7 Å². The summed E-state index contributed by atoms with van der Waals surface area (Å²) >= 11 is 0. The number of morpholine rings is 1. The molecule has 36 heavy (non-hydrogen) atoms. The first-order chi connectivity index (χ1) is 17.3. The van der Waals surface area contributed by atoms with Crippen molar-refractivity contribution in [1.82, 2.24) is 9.97 Å². The van der Waals surface area contributed by atoms with Crippen LogP contribution in [0.3, 0.4) is 0 Å². The number of rotatable bonds is 7. The fourth-order valence-corrected chi connectivity index (χ4v) is 3.76. The van der Waals surface area contributed by atoms with Crippen LogP contribution in [0.5, 0.6) is 5.75 Å². The van der Waals surface area contributed by atoms with Crippen molar-refractivity contribution >= 4 is 28.9 Å². The Morgan fingerprint density at radius 1 is 1.17 bits per heavy atom. The Kier molecular flexibility index (Phi) is 7.39. The summed E-state index contributed by atoms with van der Waals surface area (Å²) in [6.07, 6.45) is -2.87. The predicted molar refractivity (Wildman–Crippen MR) is 131 cm³/mol. The molecule has 0 saturated carbocycles. The zero-order valence-corrected chi connectivity index (χ0v) is 19.4. The van der Waals surface area contributed by atoms with Gasteiger partial charge >= 0.3 is 6.18 Å². The molecule has 2 heterocycles. The normalized spacial score (nSPS) is 13.7. The summed E-state index contributed by atoms with van der Waals surface area (Å²) in [5, 5.41) is 5.53. The van der Waals surface area contributed by atoms with Crippen LogP contribution in [0.4, 0.5) is 36.2 Å². The number of carbonyl (C=O) groups is 1. The summed E-state index contributed by atoms with van der Waals surface area (Å²) in [5.74, 6) is 0.162. The fourth-order valence-electron chi connectivity index (χ4n) is 3.76. The minimum Gasteiger partial charge on any atom is -0.495 e. The second-order valence-corrected chi connectivity index (χ2v) is 7.84. The van der Waals surface area contributed by atoms with E-state index in [-0.39, 0.29) is 17.2 Å². The van der Waals surface area contributed by atoms with Gasteiger partial charge in [-0.2, -0.15) is 13.2 Å². The quantitative estimate of drug-likeness (QED) is 0.448. The van der Waals surface area contributed by atoms with Crippen molar-refractivity contribution in [1.29, 1.82) is 0 Å². The molecule has 1 aromatic heterocycles. The smallest absolute Gasteiger partial charge is 0.419 e. The molecule has 188 valence electrons. The average molecular weight is 499 g/mol. The first-order valence-electron chi connectivity index (χ1n) is 11.0. The monoisotopic (exact) mass is 499 g/mol. The number of hydrogen-bond acceptors (Lipinski definition) is 7. The number of anilines is 4. The molecule has 0 spiro atoms. The molecule has 4 rings (SSSR count). The fraction of sp³-hybridized carbons (Fsp3) is 0.240. The van der Waals surface area contributed by atoms with Crippen molar-refractivity contribution in [3.05, 3.63) is 66.9 Å². The van der Waals surface area contributed by atoms with E-state index >= 15 is 0 Å². The Balaban J connectivity index is 1.69. The number of hydrogen-bond donors (Lipinski definition) is 2. The zero-order chi connectivity index (χ0) is 25.7. The minimum atomic E-state index is -4.68. The zero-order valence-electron chi connectivity index (χ0n) is 19.4. The Morgan fingerprint density at radius 3 is 2.64 bits per heavy atom. The molecule has 8 nitrogen and oxygen atoms in total. The SMILES string of the molecule is C=CC(=O)Nc1cccc(-c2nc(Nc3ccc(OC)c(N4CCOCC4)c3)ncc2C(F)(F)F)c1. The number of aromatic nitrogens is 2. The molecule has 1 saturated heterocycles. The van der Waals surface area contributed by atoms with Gasteiger partial charge < -0.3 is 25.0 Å². The molecule has 1 amide bonds. The first-order valence-corrected chi connectivity index (χ1v) is 11.0. The van der Waals surface area contributed by atoms with Crippen LogP contribution >= 0.6 is 0 Å². The maximum atomic E-state index is 13.8. The number of carbonyl (C=O) groups excluding carboxylic acids is 1. The van der Waals surface area contributed by atoms with E-state index in [2.05, 4.69) is 32.1 Å². The molecule has 1 aliphatic rings. The lowest BCUT2D eigenvalue weighted by atomic mass is 10.1. The van der Waals surface area contributed by atoms with E-state index in [1.54, 1.807) is 25.3 Å². The molecule has 1 fully saturated rings. The van der Waals surface area contributed by atoms with Gasteiger partial charge in [0, 0.05) is 36.2 Å². The molecular weight excluding hydrogens is 475 g/mol. The Labute approximate surface area is 205 Å². The summed E-state index contributed by atoms with van der Waals surface area (Å²) in [5.41, 5.74) is 0.557. The lowest BCUT2D eigenvalue weighted by Gasteiger charge is -2.30. The number of nitrogens with one attached hydrogen (secondary N) is 2. The van der Waals surface area contributed by atoms with Crippen molar-refractivity contribution in [3.63, 3.8) is 0 Å². The molecule has 11 heteroatoms. The van der Waals surface area contributed by atoms with E-state index in [1.807, 2.05) is 6.07 Å². The molecule has 0 radical (unpaired) electrons. The molecule has 2 aromatic carbocycles. The highest BCUT2D eigenvalue weighted by atomic mass is 19.4. The van der Waals surface area contributed by atoms with Crippen LogP contribution in [0.1, 0.15) is 5.56 Å². The van der Waals surface area contributed by atoms with Gasteiger partial charge in [0.2, 0.25) is 11.9 Å². The predicted octanol–water partition coefficient (Wildman–Crippen LogP) is 4.88. The Bertz CT molecular complexity index is 1260. The van der Waals surface area contributed by atoms with Crippen LogP contribution in [0.2, 0.25) is 0 Å². The highest BCUT2D eigenvalue weighted by Crippen LogP contribution is 2.37. The number of ether oxygens (including phenoxy) is 2. The maximum absolute atomic E-state index is 13.8. The summed E-state index contributed by atoms with van der Waals surface area (Å²) in [6, 6.07) is 11.3. The van der Waals surface area contributed by atoms with E-state index in [0.29, 0.717) is 43.4 Å². The Morgan fingerprint density at radius 2 is 1.94 bits per heavy atom. The van der Waals surface area contributed by atoms with Gasteiger partial charge in [-0.25, -0.2) is 9.97 Å². The van der Waals surface area contributed by atoms with Gasteiger partial charge in [-0.3, -0.25) is 4.79 Å². The third kappa shape index (κ3) is 5.74. The second kappa shape index (κ2) is 10.6. The molecular formula is C25H24F3N5O3. The van der Waals surface area contributed by atoms with Gasteiger partial charge in [-0.05, 0) is 36.4 Å². The molecule has 2 N–H and O–H groups in total. The van der Waals surface area contributed by atoms with Crippen LogP contribution < -0.4 is 20.3 Å². The highest BCUT2D eigenvalue weighted by molar-refractivity contribution is 5.99. The number of alkyl halides is 3. The largest absolute Gasteiger partial charge is 0.495 e. The topological polar surface area (TPSA) is 88.6 Å². The summed E-state index contributed by atoms with van der Waals surface area (Å²) in [6.45, 7) is 5.90. The average Bonchev–Trinajstić information content (AvgIpc) is 2.88. The molecule has 0 unspecified atom stereocenters. The van der Waals surface area contributed by atoms with E-state index < -0.39 is 17.6 Å². The van der Waals surface area contributed by atoms with Gasteiger partial charge in [0.15, 0.2) is 0 Å². The second-order valence-electron chi connectivity index (χ2n) is 7.84. The maximum Gasteiger partial charge on any atom is 0.419 e. The van der Waals surface area contributed by atoms with Crippen molar-refractivity contribution in [2.24, 2.45) is 0 Å². The van der Waals surface area contributed by atoms with Crippen molar-refractivity contribution in [2.45, 2.75) is 6.18 Å². The molecule has 0 aliphatic carbocycles. The highest BCUT2D eigenvalue weighted by Gasteiger charge is 2.35. The molecule has 3 aromatic rings. The first kappa shape index (κ1) is 25.0. The van der Waals surface area contributed by atoms with E-state index in [4.69, 9.17) is 9.47 Å². The van der Waals surface area contributed by atoms with E-state index in [9.17, 15) is 18.0 Å². The van der Waals surface area contributed by atoms with Crippen molar-refractivity contribution < 1.29 is 27.4 Å². The lowest BCUT2D eigenvalue weighted by Crippen LogP contribution is -2.36. The van der Waals surface area contributed by atoms with Gasteiger partial charge in [0.25, 0.3) is 0 Å². The molecule has 0 atom stereocenters. The number of halogens is 3. The Hall–Kier alpha value is -4.12. The van der Waals surface area contributed by atoms with Crippen molar-refractivity contribution in [2.75, 3.05) is 48.9 Å². The van der Waals surface area contributed by atoms with Gasteiger partial charge in [0.05, 0.1) is 31.7 Å². The van der Waals surface area contributed by atoms with Crippen LogP contribution in [0.25, 0.3) is 11.3 Å². The van der Waals surface area contributed by atoms with Crippen molar-refractivity contribution in [3.8, 4) is 17.0 Å². The van der Waals surface area contributed by atoms with Crippen LogP contribution in [-0.2, 0) is 15.7 Å². The lowest BCUT2D eigenvalue weighted by molar-refractivity contribution is -0.137. The van der Waals surface area contributed by atoms with Crippen LogP contribution in [-0.4, -0.2) is 49.3 Å². The molecule has 0 bridgehead atoms. The molecule has 1 aliphatic heterocycles. The van der Waals surface area contributed by atoms with E-state index in [1.165, 1.54) is 18.2 Å². The van der Waals surface area contributed by atoms with Gasteiger partial charge in [-0.15, -0.1) is 0 Å². The number of methoxy groups -OCH3 is 1. The van der Waals surface area contributed by atoms with Crippen LogP contribution in [0.15, 0.2) is 61.3 Å².